The minimum atomic E-state index is -3.56. The molecule has 1 aromatic carbocycles. The zero-order chi connectivity index (χ0) is 14.9. The molecule has 108 valence electrons. The number of hydrogen-bond donors (Lipinski definition) is 1. The van der Waals surface area contributed by atoms with Crippen molar-refractivity contribution >= 4 is 43.0 Å². The van der Waals surface area contributed by atoms with Crippen molar-refractivity contribution in [3.05, 3.63) is 39.2 Å². The molecule has 0 radical (unpaired) electrons. The normalized spacial score (nSPS) is 11.4. The molecule has 0 saturated heterocycles. The maximum atomic E-state index is 12.3. The number of anilines is 1. The molecule has 7 heteroatoms. The van der Waals surface area contributed by atoms with Gasteiger partial charge in [-0.05, 0) is 65.2 Å². The molecule has 0 bridgehead atoms. The lowest BCUT2D eigenvalue weighted by molar-refractivity contribution is 0.414. The highest BCUT2D eigenvalue weighted by Crippen LogP contribution is 2.32. The third-order valence-electron chi connectivity index (χ3n) is 2.78. The molecule has 1 aromatic heterocycles. The van der Waals surface area contributed by atoms with E-state index in [0.29, 0.717) is 11.4 Å². The lowest BCUT2D eigenvalue weighted by Crippen LogP contribution is -2.12. The van der Waals surface area contributed by atoms with E-state index < -0.39 is 10.0 Å². The quantitative estimate of drug-likeness (QED) is 0.880. The number of thiophene rings is 1. The van der Waals surface area contributed by atoms with E-state index in [1.807, 2.05) is 13.8 Å². The van der Waals surface area contributed by atoms with Crippen molar-refractivity contribution in [3.8, 4) is 5.75 Å². The van der Waals surface area contributed by atoms with Crippen LogP contribution in [0.5, 0.6) is 5.75 Å². The van der Waals surface area contributed by atoms with Crippen LogP contribution in [0.4, 0.5) is 5.69 Å². The van der Waals surface area contributed by atoms with Crippen molar-refractivity contribution in [1.29, 1.82) is 0 Å². The SMILES string of the molecule is COc1ccc(NS(=O)(=O)c2cc(C)c(Br)s2)c(C)c1. The Kier molecular flexibility index (Phi) is 4.41. The van der Waals surface area contributed by atoms with Crippen LogP contribution in [0.3, 0.4) is 0 Å². The van der Waals surface area contributed by atoms with E-state index >= 15 is 0 Å². The van der Waals surface area contributed by atoms with Gasteiger partial charge in [0.15, 0.2) is 0 Å². The fraction of sp³-hybridized carbons (Fsp3) is 0.231. The van der Waals surface area contributed by atoms with Crippen LogP contribution in [0.25, 0.3) is 0 Å². The summed E-state index contributed by atoms with van der Waals surface area (Å²) in [6.07, 6.45) is 0. The van der Waals surface area contributed by atoms with E-state index in [1.54, 1.807) is 31.4 Å². The maximum absolute atomic E-state index is 12.3. The molecule has 0 spiro atoms. The predicted octanol–water partition coefficient (Wildman–Crippen LogP) is 3.94. The van der Waals surface area contributed by atoms with Gasteiger partial charge >= 0.3 is 0 Å². The minimum absolute atomic E-state index is 0.289. The van der Waals surface area contributed by atoms with Crippen molar-refractivity contribution in [2.75, 3.05) is 11.8 Å². The standard InChI is InChI=1S/C13H14BrNO3S2/c1-8-6-10(18-3)4-5-11(8)15-20(16,17)12-7-9(2)13(14)19-12/h4-7,15H,1-3H3. The van der Waals surface area contributed by atoms with E-state index in [4.69, 9.17) is 4.74 Å². The Morgan fingerprint density at radius 1 is 1.20 bits per heavy atom. The maximum Gasteiger partial charge on any atom is 0.271 e. The van der Waals surface area contributed by atoms with Gasteiger partial charge in [0.25, 0.3) is 10.0 Å². The number of halogens is 1. The van der Waals surface area contributed by atoms with Gasteiger partial charge in [-0.25, -0.2) is 8.42 Å². The summed E-state index contributed by atoms with van der Waals surface area (Å²) in [6, 6.07) is 6.85. The summed E-state index contributed by atoms with van der Waals surface area (Å²) in [6.45, 7) is 3.69. The summed E-state index contributed by atoms with van der Waals surface area (Å²) in [5.74, 6) is 0.695. The molecule has 0 unspecified atom stereocenters. The summed E-state index contributed by atoms with van der Waals surface area (Å²) >= 11 is 4.53. The van der Waals surface area contributed by atoms with Crippen molar-refractivity contribution in [2.45, 2.75) is 18.1 Å². The van der Waals surface area contributed by atoms with Crippen LogP contribution in [-0.2, 0) is 10.0 Å². The Balaban J connectivity index is 2.33. The van der Waals surface area contributed by atoms with E-state index in [0.717, 1.165) is 14.9 Å². The molecule has 0 atom stereocenters. The predicted molar refractivity (Wildman–Crippen MR) is 85.3 cm³/mol. The molecule has 0 amide bonds. The first-order chi connectivity index (χ1) is 9.33. The number of aryl methyl sites for hydroxylation is 2. The summed E-state index contributed by atoms with van der Waals surface area (Å²) in [5.41, 5.74) is 2.26. The Labute approximate surface area is 131 Å². The molecule has 20 heavy (non-hydrogen) atoms. The average Bonchev–Trinajstić information content (AvgIpc) is 2.73. The molecule has 0 aliphatic carbocycles. The number of ether oxygens (including phenoxy) is 1. The van der Waals surface area contributed by atoms with Crippen LogP contribution in [0, 0.1) is 13.8 Å². The second kappa shape index (κ2) is 5.75. The topological polar surface area (TPSA) is 55.4 Å². The van der Waals surface area contributed by atoms with Gasteiger partial charge in [-0.2, -0.15) is 0 Å². The highest BCUT2D eigenvalue weighted by molar-refractivity contribution is 9.11. The van der Waals surface area contributed by atoms with Crippen molar-refractivity contribution in [3.63, 3.8) is 0 Å². The van der Waals surface area contributed by atoms with Crippen LogP contribution in [0.1, 0.15) is 11.1 Å². The first-order valence-corrected chi connectivity index (χ1v) is 8.86. The van der Waals surface area contributed by atoms with Crippen LogP contribution in [-0.4, -0.2) is 15.5 Å². The Hall–Kier alpha value is -1.05. The molecule has 4 nitrogen and oxygen atoms in total. The fourth-order valence-electron chi connectivity index (χ4n) is 1.64. The van der Waals surface area contributed by atoms with Gasteiger partial charge in [0, 0.05) is 0 Å². The van der Waals surface area contributed by atoms with E-state index in [-0.39, 0.29) is 4.21 Å². The van der Waals surface area contributed by atoms with Gasteiger partial charge in [-0.1, -0.05) is 0 Å². The number of hydrogen-bond acceptors (Lipinski definition) is 4. The lowest BCUT2D eigenvalue weighted by atomic mass is 10.2. The van der Waals surface area contributed by atoms with Gasteiger partial charge in [0.2, 0.25) is 0 Å². The molecular formula is C13H14BrNO3S2. The molecule has 0 saturated carbocycles. The number of rotatable bonds is 4. The fourth-order valence-corrected chi connectivity index (χ4v) is 4.99. The zero-order valence-corrected chi connectivity index (χ0v) is 14.4. The van der Waals surface area contributed by atoms with Gasteiger partial charge in [-0.15, -0.1) is 11.3 Å². The smallest absolute Gasteiger partial charge is 0.271 e. The Morgan fingerprint density at radius 3 is 2.40 bits per heavy atom. The number of methoxy groups -OCH3 is 1. The van der Waals surface area contributed by atoms with Crippen LogP contribution in [0.15, 0.2) is 32.3 Å². The lowest BCUT2D eigenvalue weighted by Gasteiger charge is -2.10. The van der Waals surface area contributed by atoms with Crippen molar-refractivity contribution in [1.82, 2.24) is 0 Å². The third kappa shape index (κ3) is 3.16. The summed E-state index contributed by atoms with van der Waals surface area (Å²) < 4.78 is 33.5. The molecule has 2 aromatic rings. The monoisotopic (exact) mass is 375 g/mol. The molecule has 0 aliphatic rings. The number of sulfonamides is 1. The van der Waals surface area contributed by atoms with E-state index in [1.165, 1.54) is 11.3 Å². The molecular weight excluding hydrogens is 362 g/mol. The number of nitrogens with one attached hydrogen (secondary N) is 1. The minimum Gasteiger partial charge on any atom is -0.497 e. The second-order valence-electron chi connectivity index (χ2n) is 4.31. The molecule has 0 fully saturated rings. The highest BCUT2D eigenvalue weighted by Gasteiger charge is 2.19. The highest BCUT2D eigenvalue weighted by atomic mass is 79.9. The van der Waals surface area contributed by atoms with Crippen molar-refractivity contribution < 1.29 is 13.2 Å². The Bertz CT molecular complexity index is 719. The largest absolute Gasteiger partial charge is 0.497 e. The van der Waals surface area contributed by atoms with Gasteiger partial charge in [0.05, 0.1) is 16.6 Å². The third-order valence-corrected chi connectivity index (χ3v) is 6.75. The molecule has 1 N–H and O–H groups in total. The summed E-state index contributed by atoms with van der Waals surface area (Å²) in [4.78, 5) is 0. The van der Waals surface area contributed by atoms with Crippen LogP contribution >= 0.6 is 27.3 Å². The number of benzene rings is 1. The molecule has 1 heterocycles. The first kappa shape index (κ1) is 15.3. The van der Waals surface area contributed by atoms with Crippen LogP contribution < -0.4 is 9.46 Å². The van der Waals surface area contributed by atoms with E-state index in [2.05, 4.69) is 20.7 Å². The van der Waals surface area contributed by atoms with Gasteiger partial charge < -0.3 is 4.74 Å². The molecule has 2 rings (SSSR count). The Morgan fingerprint density at radius 2 is 1.90 bits per heavy atom. The zero-order valence-electron chi connectivity index (χ0n) is 11.2. The summed E-state index contributed by atoms with van der Waals surface area (Å²) in [7, 11) is -1.99. The second-order valence-corrected chi connectivity index (χ2v) is 8.59. The van der Waals surface area contributed by atoms with Gasteiger partial charge in [0.1, 0.15) is 9.96 Å². The molecule has 0 aliphatic heterocycles. The van der Waals surface area contributed by atoms with E-state index in [9.17, 15) is 8.42 Å². The average molecular weight is 376 g/mol. The van der Waals surface area contributed by atoms with Gasteiger partial charge in [-0.3, -0.25) is 4.72 Å². The first-order valence-electron chi connectivity index (χ1n) is 5.77. The summed E-state index contributed by atoms with van der Waals surface area (Å²) in [5, 5.41) is 0. The van der Waals surface area contributed by atoms with Crippen LogP contribution in [0.2, 0.25) is 0 Å². The van der Waals surface area contributed by atoms with Crippen molar-refractivity contribution in [2.24, 2.45) is 0 Å².